The maximum atomic E-state index is 12.3. The van der Waals surface area contributed by atoms with Crippen molar-refractivity contribution in [3.63, 3.8) is 0 Å². The lowest BCUT2D eigenvalue weighted by molar-refractivity contribution is -0.143. The number of hydrogen-bond acceptors (Lipinski definition) is 5. The van der Waals surface area contributed by atoms with Crippen LogP contribution in [0.5, 0.6) is 0 Å². The summed E-state index contributed by atoms with van der Waals surface area (Å²) in [4.78, 5) is 19.2. The molecular weight excluding hydrogens is 370 g/mol. The Hall–Kier alpha value is -2.79. The first kappa shape index (κ1) is 18.6. The van der Waals surface area contributed by atoms with Gasteiger partial charge < -0.3 is 9.47 Å². The number of rotatable bonds is 5. The number of methoxy groups -OCH3 is 1. The molecule has 0 bridgehead atoms. The molecule has 0 amide bonds. The van der Waals surface area contributed by atoms with Crippen molar-refractivity contribution in [2.75, 3.05) is 7.11 Å². The van der Waals surface area contributed by atoms with E-state index in [0.29, 0.717) is 5.90 Å². The molecule has 28 heavy (non-hydrogen) atoms. The van der Waals surface area contributed by atoms with Crippen LogP contribution in [0.25, 0.3) is 0 Å². The highest BCUT2D eigenvalue weighted by Crippen LogP contribution is 2.40. The van der Waals surface area contributed by atoms with Gasteiger partial charge in [0, 0.05) is 9.80 Å². The minimum atomic E-state index is -0.693. The maximum absolute atomic E-state index is 12.3. The van der Waals surface area contributed by atoms with Crippen molar-refractivity contribution in [2.24, 2.45) is 10.9 Å². The van der Waals surface area contributed by atoms with Crippen molar-refractivity contribution in [1.82, 2.24) is 0 Å². The molecule has 0 saturated heterocycles. The molecule has 3 atom stereocenters. The molecule has 1 unspecified atom stereocenters. The van der Waals surface area contributed by atoms with Gasteiger partial charge >= 0.3 is 5.97 Å². The highest BCUT2D eigenvalue weighted by atomic mass is 32.2. The van der Waals surface area contributed by atoms with Crippen LogP contribution in [0.1, 0.15) is 17.2 Å². The Morgan fingerprint density at radius 3 is 2.57 bits per heavy atom. The molecule has 0 spiro atoms. The quantitative estimate of drug-likeness (QED) is 0.683. The molecule has 0 saturated carbocycles. The zero-order valence-corrected chi connectivity index (χ0v) is 16.6. The average molecular weight is 391 g/mol. The second-order valence-electron chi connectivity index (χ2n) is 6.73. The van der Waals surface area contributed by atoms with Crippen molar-refractivity contribution in [2.45, 2.75) is 24.0 Å². The van der Waals surface area contributed by atoms with E-state index in [2.05, 4.69) is 48.3 Å². The topological polar surface area (TPSA) is 47.9 Å². The number of aryl methyl sites for hydroxylation is 1. The molecule has 142 valence electrons. The predicted molar refractivity (Wildman–Crippen MR) is 111 cm³/mol. The number of allylic oxidation sites excluding steroid dienone is 2. The summed E-state index contributed by atoms with van der Waals surface area (Å²) < 4.78 is 11.2. The molecule has 0 N–H and O–H groups in total. The van der Waals surface area contributed by atoms with Gasteiger partial charge in [0.05, 0.1) is 13.0 Å². The predicted octanol–water partition coefficient (Wildman–Crippen LogP) is 4.87. The molecule has 2 aliphatic rings. The van der Waals surface area contributed by atoms with E-state index >= 15 is 0 Å². The Kier molecular flexibility index (Phi) is 5.35. The van der Waals surface area contributed by atoms with Crippen LogP contribution in [0, 0.1) is 12.8 Å². The van der Waals surface area contributed by atoms with Crippen LogP contribution in [0.3, 0.4) is 0 Å². The van der Waals surface area contributed by atoms with Crippen LogP contribution in [-0.2, 0) is 14.3 Å². The van der Waals surface area contributed by atoms with Crippen molar-refractivity contribution >= 4 is 23.6 Å². The maximum Gasteiger partial charge on any atom is 0.335 e. The molecule has 1 aliphatic heterocycles. The zero-order valence-electron chi connectivity index (χ0n) is 15.7. The number of nitrogens with zero attached hydrogens (tertiary/aromatic N) is 1. The van der Waals surface area contributed by atoms with Crippen LogP contribution < -0.4 is 0 Å². The SMILES string of the molecule is COC(=O)[C@H]1N=C(C2C=CC=C2Sc2ccc(C)cc2)O[C@@H]1c1ccccc1. The fraction of sp³-hybridized carbons (Fsp3) is 0.217. The number of carbonyl (C=O) groups excluding carboxylic acids is 1. The first-order chi connectivity index (χ1) is 13.7. The van der Waals surface area contributed by atoms with E-state index < -0.39 is 12.1 Å². The largest absolute Gasteiger partial charge is 0.469 e. The van der Waals surface area contributed by atoms with Crippen LogP contribution >= 0.6 is 11.8 Å². The summed E-state index contributed by atoms with van der Waals surface area (Å²) in [5, 5.41) is 0. The molecule has 1 aliphatic carbocycles. The fourth-order valence-corrected chi connectivity index (χ4v) is 4.27. The van der Waals surface area contributed by atoms with E-state index in [1.165, 1.54) is 12.7 Å². The molecule has 0 aromatic heterocycles. The van der Waals surface area contributed by atoms with Gasteiger partial charge in [0.2, 0.25) is 0 Å². The molecule has 2 aromatic rings. The molecule has 0 fully saturated rings. The standard InChI is InChI=1S/C23H21NO3S/c1-15-11-13-17(14-12-15)28-19-10-6-9-18(19)22-24-20(23(25)26-2)21(27-22)16-7-4-3-5-8-16/h3-14,18,20-21H,1-2H3/t18?,20-,21+/m0/s1. The second-order valence-corrected chi connectivity index (χ2v) is 7.88. The lowest BCUT2D eigenvalue weighted by Crippen LogP contribution is -2.25. The second kappa shape index (κ2) is 8.07. The van der Waals surface area contributed by atoms with Crippen molar-refractivity contribution in [1.29, 1.82) is 0 Å². The minimum Gasteiger partial charge on any atom is -0.469 e. The van der Waals surface area contributed by atoms with Gasteiger partial charge in [0.25, 0.3) is 0 Å². The number of ether oxygens (including phenoxy) is 2. The molecule has 2 aromatic carbocycles. The Morgan fingerprint density at radius 2 is 1.86 bits per heavy atom. The van der Waals surface area contributed by atoms with Gasteiger partial charge in [-0.3, -0.25) is 0 Å². The normalized spacial score (nSPS) is 23.1. The van der Waals surface area contributed by atoms with E-state index in [1.807, 2.05) is 36.4 Å². The molecule has 1 heterocycles. The zero-order chi connectivity index (χ0) is 19.5. The van der Waals surface area contributed by atoms with E-state index in [1.54, 1.807) is 11.8 Å². The highest BCUT2D eigenvalue weighted by Gasteiger charge is 2.41. The van der Waals surface area contributed by atoms with Gasteiger partial charge in [0.15, 0.2) is 18.0 Å². The van der Waals surface area contributed by atoms with Crippen LogP contribution in [0.2, 0.25) is 0 Å². The van der Waals surface area contributed by atoms with Crippen molar-refractivity contribution in [3.8, 4) is 0 Å². The van der Waals surface area contributed by atoms with Gasteiger partial charge in [-0.05, 0) is 24.6 Å². The van der Waals surface area contributed by atoms with Gasteiger partial charge in [-0.1, -0.05) is 78.0 Å². The van der Waals surface area contributed by atoms with Crippen molar-refractivity contribution in [3.05, 3.63) is 88.9 Å². The summed E-state index contributed by atoms with van der Waals surface area (Å²) in [6.45, 7) is 2.07. The number of esters is 1. The van der Waals surface area contributed by atoms with Crippen LogP contribution in [0.15, 0.2) is 87.6 Å². The molecule has 0 radical (unpaired) electrons. The summed E-state index contributed by atoms with van der Waals surface area (Å²) >= 11 is 1.69. The number of hydrogen-bond donors (Lipinski definition) is 0. The first-order valence-electron chi connectivity index (χ1n) is 9.16. The summed E-state index contributed by atoms with van der Waals surface area (Å²) in [7, 11) is 1.38. The van der Waals surface area contributed by atoms with E-state index in [4.69, 9.17) is 9.47 Å². The third kappa shape index (κ3) is 3.76. The third-order valence-corrected chi connectivity index (χ3v) is 5.90. The lowest BCUT2D eigenvalue weighted by atomic mass is 10.0. The lowest BCUT2D eigenvalue weighted by Gasteiger charge is -2.18. The third-order valence-electron chi connectivity index (χ3n) is 4.76. The van der Waals surface area contributed by atoms with E-state index in [-0.39, 0.29) is 11.9 Å². The Labute approximate surface area is 169 Å². The molecular formula is C23H21NO3S. The fourth-order valence-electron chi connectivity index (χ4n) is 3.28. The van der Waals surface area contributed by atoms with Gasteiger partial charge in [0.1, 0.15) is 0 Å². The number of aliphatic imine (C=N–C) groups is 1. The summed E-state index contributed by atoms with van der Waals surface area (Å²) in [5.74, 6) is 0.0820. The number of thioether (sulfide) groups is 1. The number of carbonyl (C=O) groups is 1. The Balaban J connectivity index is 1.57. The Morgan fingerprint density at radius 1 is 1.11 bits per heavy atom. The molecule has 4 rings (SSSR count). The smallest absolute Gasteiger partial charge is 0.335 e. The first-order valence-corrected chi connectivity index (χ1v) is 9.97. The average Bonchev–Trinajstić information content (AvgIpc) is 3.36. The minimum absolute atomic E-state index is 0.0906. The van der Waals surface area contributed by atoms with Gasteiger partial charge in [-0.2, -0.15) is 0 Å². The highest BCUT2D eigenvalue weighted by molar-refractivity contribution is 8.03. The summed E-state index contributed by atoms with van der Waals surface area (Å²) in [5.41, 5.74) is 2.14. The van der Waals surface area contributed by atoms with E-state index in [0.717, 1.165) is 15.4 Å². The van der Waals surface area contributed by atoms with Crippen molar-refractivity contribution < 1.29 is 14.3 Å². The number of benzene rings is 2. The molecule has 4 nitrogen and oxygen atoms in total. The van der Waals surface area contributed by atoms with Crippen LogP contribution in [-0.4, -0.2) is 25.0 Å². The van der Waals surface area contributed by atoms with Gasteiger partial charge in [-0.25, -0.2) is 9.79 Å². The summed E-state index contributed by atoms with van der Waals surface area (Å²) in [6.07, 6.45) is 5.67. The molecule has 5 heteroatoms. The monoisotopic (exact) mass is 391 g/mol. The summed E-state index contributed by atoms with van der Waals surface area (Å²) in [6, 6.07) is 17.4. The van der Waals surface area contributed by atoms with E-state index in [9.17, 15) is 4.79 Å². The Bertz CT molecular complexity index is 948. The van der Waals surface area contributed by atoms with Crippen LogP contribution in [0.4, 0.5) is 0 Å². The van der Waals surface area contributed by atoms with Gasteiger partial charge in [-0.15, -0.1) is 0 Å².